The van der Waals surface area contributed by atoms with Gasteiger partial charge in [-0.05, 0) is 18.2 Å². The largest absolute Gasteiger partial charge is 0.307 e. The van der Waals surface area contributed by atoms with Gasteiger partial charge in [-0.25, -0.2) is 4.98 Å². The molecular formula is C14H19ClN3S+. The van der Waals surface area contributed by atoms with Crippen molar-refractivity contribution in [3.8, 4) is 0 Å². The van der Waals surface area contributed by atoms with Gasteiger partial charge < -0.3 is 5.32 Å². The molecule has 0 fully saturated rings. The summed E-state index contributed by atoms with van der Waals surface area (Å²) in [7, 11) is 4.35. The van der Waals surface area contributed by atoms with Crippen LogP contribution in [-0.4, -0.2) is 32.2 Å². The molecule has 0 bridgehead atoms. The number of rotatable bonds is 6. The lowest BCUT2D eigenvalue weighted by atomic mass is 10.3. The van der Waals surface area contributed by atoms with Gasteiger partial charge in [0.25, 0.3) is 0 Å². The number of likely N-dealkylation sites (N-methyl/N-ethyl adjacent to an activating group) is 1. The summed E-state index contributed by atoms with van der Waals surface area (Å²) in [5.41, 5.74) is 0. The number of halogens is 1. The van der Waals surface area contributed by atoms with E-state index in [1.165, 1.54) is 4.88 Å². The van der Waals surface area contributed by atoms with Gasteiger partial charge in [0.15, 0.2) is 0 Å². The molecule has 2 rings (SSSR count). The van der Waals surface area contributed by atoms with E-state index in [4.69, 9.17) is 11.6 Å². The van der Waals surface area contributed by atoms with Gasteiger partial charge in [0, 0.05) is 30.2 Å². The minimum absolute atomic E-state index is 0.777. The van der Waals surface area contributed by atoms with E-state index in [9.17, 15) is 0 Å². The number of pyridine rings is 1. The Morgan fingerprint density at radius 3 is 2.74 bits per heavy atom. The van der Waals surface area contributed by atoms with Crippen LogP contribution in [0.2, 0.25) is 4.34 Å². The van der Waals surface area contributed by atoms with Crippen LogP contribution in [0, 0.1) is 0 Å². The highest BCUT2D eigenvalue weighted by Gasteiger charge is 2.19. The van der Waals surface area contributed by atoms with Crippen molar-refractivity contribution in [2.24, 2.45) is 0 Å². The number of thiophene rings is 1. The van der Waals surface area contributed by atoms with Crippen LogP contribution in [0.1, 0.15) is 4.88 Å². The highest BCUT2D eigenvalue weighted by atomic mass is 35.5. The molecule has 2 aromatic heterocycles. The van der Waals surface area contributed by atoms with Crippen molar-refractivity contribution < 1.29 is 0 Å². The van der Waals surface area contributed by atoms with Gasteiger partial charge in [0.1, 0.15) is 0 Å². The molecule has 5 heteroatoms. The second-order valence-electron chi connectivity index (χ2n) is 4.98. The van der Waals surface area contributed by atoms with E-state index in [0.29, 0.717) is 0 Å². The van der Waals surface area contributed by atoms with E-state index < -0.39 is 0 Å². The molecule has 0 amide bonds. The third-order valence-corrected chi connectivity index (χ3v) is 4.28. The molecule has 19 heavy (non-hydrogen) atoms. The summed E-state index contributed by atoms with van der Waals surface area (Å²) in [6.45, 7) is 2.81. The molecule has 0 spiro atoms. The highest BCUT2D eigenvalue weighted by Crippen LogP contribution is 2.21. The van der Waals surface area contributed by atoms with Crippen LogP contribution in [0.5, 0.6) is 0 Å². The molecule has 2 heterocycles. The zero-order valence-corrected chi connectivity index (χ0v) is 12.8. The molecule has 0 atom stereocenters. The fourth-order valence-electron chi connectivity index (χ4n) is 1.84. The number of nitrogens with one attached hydrogen (secondary N) is 1. The van der Waals surface area contributed by atoms with Crippen molar-refractivity contribution in [1.82, 2.24) is 14.8 Å². The smallest absolute Gasteiger partial charge is 0.227 e. The maximum Gasteiger partial charge on any atom is 0.227 e. The SMILES string of the molecule is C[N+](C)(CCNCc1ccc(Cl)s1)c1ccccn1. The Labute approximate surface area is 123 Å². The molecular weight excluding hydrogens is 278 g/mol. The van der Waals surface area contributed by atoms with E-state index in [1.807, 2.05) is 24.4 Å². The van der Waals surface area contributed by atoms with Crippen LogP contribution in [0.25, 0.3) is 0 Å². The van der Waals surface area contributed by atoms with Gasteiger partial charge in [0.2, 0.25) is 5.82 Å². The second kappa shape index (κ2) is 6.48. The first-order valence-electron chi connectivity index (χ1n) is 6.27. The Hall–Kier alpha value is -0.940. The number of hydrogen-bond acceptors (Lipinski definition) is 3. The first-order valence-corrected chi connectivity index (χ1v) is 7.47. The quantitative estimate of drug-likeness (QED) is 0.654. The third kappa shape index (κ3) is 4.28. The molecule has 1 N–H and O–H groups in total. The van der Waals surface area contributed by atoms with Crippen molar-refractivity contribution in [3.63, 3.8) is 0 Å². The summed E-state index contributed by atoms with van der Waals surface area (Å²) in [6.07, 6.45) is 1.84. The van der Waals surface area contributed by atoms with Gasteiger partial charge in [-0.15, -0.1) is 11.3 Å². The molecule has 0 aliphatic carbocycles. The molecule has 0 saturated carbocycles. The molecule has 0 aromatic carbocycles. The summed E-state index contributed by atoms with van der Waals surface area (Å²) < 4.78 is 1.63. The monoisotopic (exact) mass is 296 g/mol. The Kier molecular flexibility index (Phi) is 4.93. The van der Waals surface area contributed by atoms with E-state index in [2.05, 4.69) is 36.5 Å². The van der Waals surface area contributed by atoms with Crippen molar-refractivity contribution in [3.05, 3.63) is 45.7 Å². The van der Waals surface area contributed by atoms with Crippen molar-refractivity contribution >= 4 is 28.8 Å². The topological polar surface area (TPSA) is 24.9 Å². The minimum Gasteiger partial charge on any atom is -0.307 e. The Bertz CT molecular complexity index is 510. The molecule has 0 aliphatic heterocycles. The number of hydrogen-bond donors (Lipinski definition) is 1. The normalized spacial score (nSPS) is 11.7. The summed E-state index contributed by atoms with van der Waals surface area (Å²) in [6, 6.07) is 10.1. The molecule has 102 valence electrons. The van der Waals surface area contributed by atoms with Gasteiger partial charge in [-0.1, -0.05) is 17.7 Å². The Balaban J connectivity index is 1.79. The molecule has 0 radical (unpaired) electrons. The van der Waals surface area contributed by atoms with E-state index in [1.54, 1.807) is 11.3 Å². The second-order valence-corrected chi connectivity index (χ2v) is 6.78. The lowest BCUT2D eigenvalue weighted by Crippen LogP contribution is -2.45. The van der Waals surface area contributed by atoms with E-state index in [-0.39, 0.29) is 0 Å². The maximum absolute atomic E-state index is 5.91. The zero-order chi connectivity index (χ0) is 13.7. The predicted molar refractivity (Wildman–Crippen MR) is 83.8 cm³/mol. The predicted octanol–water partition coefficient (Wildman–Crippen LogP) is 3.15. The van der Waals surface area contributed by atoms with Gasteiger partial charge >= 0.3 is 0 Å². The van der Waals surface area contributed by atoms with Crippen LogP contribution in [0.15, 0.2) is 36.5 Å². The van der Waals surface area contributed by atoms with Crippen molar-refractivity contribution in [1.29, 1.82) is 0 Å². The van der Waals surface area contributed by atoms with E-state index in [0.717, 1.165) is 34.3 Å². The summed E-state index contributed by atoms with van der Waals surface area (Å²) in [4.78, 5) is 5.69. The fraction of sp³-hybridized carbons (Fsp3) is 0.357. The van der Waals surface area contributed by atoms with Crippen LogP contribution in [0.4, 0.5) is 5.82 Å². The molecule has 0 aliphatic rings. The summed E-state index contributed by atoms with van der Waals surface area (Å²) in [5.74, 6) is 1.09. The average Bonchev–Trinajstić information content (AvgIpc) is 2.82. The zero-order valence-electron chi connectivity index (χ0n) is 11.3. The molecule has 3 nitrogen and oxygen atoms in total. The Morgan fingerprint density at radius 1 is 1.26 bits per heavy atom. The first kappa shape index (κ1) is 14.5. The minimum atomic E-state index is 0.777. The Morgan fingerprint density at radius 2 is 2.11 bits per heavy atom. The van der Waals surface area contributed by atoms with Crippen molar-refractivity contribution in [2.45, 2.75) is 6.54 Å². The number of aromatic nitrogens is 1. The lowest BCUT2D eigenvalue weighted by molar-refractivity contribution is 0.382. The van der Waals surface area contributed by atoms with Gasteiger partial charge in [0.05, 0.1) is 25.0 Å². The number of quaternary nitrogens is 1. The van der Waals surface area contributed by atoms with Gasteiger partial charge in [-0.3, -0.25) is 4.48 Å². The van der Waals surface area contributed by atoms with Crippen LogP contribution >= 0.6 is 22.9 Å². The standard InChI is InChI=1S/C14H19ClN3S/c1-18(2,14-5-3-4-8-17-14)10-9-16-11-12-6-7-13(15)19-12/h3-8,16H,9-11H2,1-2H3/q+1. The fourth-order valence-corrected chi connectivity index (χ4v) is 2.90. The van der Waals surface area contributed by atoms with Crippen molar-refractivity contribution in [2.75, 3.05) is 27.2 Å². The first-order chi connectivity index (χ1) is 9.08. The van der Waals surface area contributed by atoms with E-state index >= 15 is 0 Å². The van der Waals surface area contributed by atoms with Crippen LogP contribution < -0.4 is 9.80 Å². The van der Waals surface area contributed by atoms with Crippen LogP contribution in [-0.2, 0) is 6.54 Å². The molecule has 0 saturated heterocycles. The molecule has 0 unspecified atom stereocenters. The molecule has 2 aromatic rings. The highest BCUT2D eigenvalue weighted by molar-refractivity contribution is 7.16. The third-order valence-electron chi connectivity index (χ3n) is 3.05. The lowest BCUT2D eigenvalue weighted by Gasteiger charge is -2.27. The average molecular weight is 297 g/mol. The van der Waals surface area contributed by atoms with Crippen LogP contribution in [0.3, 0.4) is 0 Å². The summed E-state index contributed by atoms with van der Waals surface area (Å²) >= 11 is 7.53. The van der Waals surface area contributed by atoms with Gasteiger partial charge in [-0.2, -0.15) is 0 Å². The summed E-state index contributed by atoms with van der Waals surface area (Å²) in [5, 5.41) is 3.45. The maximum atomic E-state index is 5.91. The number of nitrogens with zero attached hydrogens (tertiary/aromatic N) is 2.